The molecule has 0 aliphatic heterocycles. The Balaban J connectivity index is 2.35. The van der Waals surface area contributed by atoms with Crippen LogP contribution in [0.4, 0.5) is 0 Å². The second kappa shape index (κ2) is 3.82. The lowest BCUT2D eigenvalue weighted by Crippen LogP contribution is -1.88. The number of nitrogens with zero attached hydrogens (tertiary/aromatic N) is 2. The van der Waals surface area contributed by atoms with Crippen LogP contribution in [0.3, 0.4) is 0 Å². The third kappa shape index (κ3) is 2.05. The topological polar surface area (TPSA) is 56.0 Å². The molecule has 0 unspecified atom stereocenters. The van der Waals surface area contributed by atoms with Gasteiger partial charge in [0.1, 0.15) is 0 Å². The van der Waals surface area contributed by atoms with Crippen molar-refractivity contribution >= 4 is 16.8 Å². The summed E-state index contributed by atoms with van der Waals surface area (Å²) in [6.45, 7) is 1.72. The minimum atomic E-state index is -0.481. The average molecular weight is 223 g/mol. The summed E-state index contributed by atoms with van der Waals surface area (Å²) in [7, 11) is 0. The van der Waals surface area contributed by atoms with Gasteiger partial charge in [0.15, 0.2) is 0 Å². The van der Waals surface area contributed by atoms with Crippen molar-refractivity contribution < 1.29 is 9.32 Å². The van der Waals surface area contributed by atoms with Crippen LogP contribution in [0.2, 0.25) is 0 Å². The van der Waals surface area contributed by atoms with E-state index in [2.05, 4.69) is 10.1 Å². The highest BCUT2D eigenvalue weighted by Crippen LogP contribution is 2.16. The fourth-order valence-electron chi connectivity index (χ4n) is 1.17. The summed E-state index contributed by atoms with van der Waals surface area (Å²) in [6.07, 6.45) is 0. The SMILES string of the molecule is Cc1nc(-c2ccc(C(=O)Cl)cc2)no1. The Labute approximate surface area is 90.9 Å². The highest BCUT2D eigenvalue weighted by molar-refractivity contribution is 6.67. The van der Waals surface area contributed by atoms with Crippen molar-refractivity contribution in [3.05, 3.63) is 35.7 Å². The van der Waals surface area contributed by atoms with E-state index in [4.69, 9.17) is 16.1 Å². The van der Waals surface area contributed by atoms with Gasteiger partial charge in [0.05, 0.1) is 0 Å². The standard InChI is InChI=1S/C10H7ClN2O2/c1-6-12-10(13-15-6)8-4-2-7(3-5-8)9(11)14/h2-5H,1H3. The van der Waals surface area contributed by atoms with Crippen LogP contribution in [0.15, 0.2) is 28.8 Å². The van der Waals surface area contributed by atoms with E-state index in [1.807, 2.05) is 0 Å². The molecule has 4 nitrogen and oxygen atoms in total. The fraction of sp³-hybridized carbons (Fsp3) is 0.100. The molecule has 76 valence electrons. The van der Waals surface area contributed by atoms with Crippen molar-refractivity contribution in [2.75, 3.05) is 0 Å². The van der Waals surface area contributed by atoms with Gasteiger partial charge in [0.25, 0.3) is 5.24 Å². The van der Waals surface area contributed by atoms with Gasteiger partial charge in [-0.25, -0.2) is 0 Å². The minimum Gasteiger partial charge on any atom is -0.339 e. The number of halogens is 1. The summed E-state index contributed by atoms with van der Waals surface area (Å²) in [4.78, 5) is 14.9. The van der Waals surface area contributed by atoms with Crippen molar-refractivity contribution in [2.45, 2.75) is 6.92 Å². The third-order valence-corrected chi connectivity index (χ3v) is 2.12. The molecule has 15 heavy (non-hydrogen) atoms. The van der Waals surface area contributed by atoms with Gasteiger partial charge in [-0.2, -0.15) is 4.98 Å². The quantitative estimate of drug-likeness (QED) is 0.733. The summed E-state index contributed by atoms with van der Waals surface area (Å²) in [5, 5.41) is 3.28. The van der Waals surface area contributed by atoms with E-state index in [1.165, 1.54) is 0 Å². The van der Waals surface area contributed by atoms with Gasteiger partial charge in [0.2, 0.25) is 11.7 Å². The molecule has 0 amide bonds. The maximum atomic E-state index is 10.8. The van der Waals surface area contributed by atoms with Crippen LogP contribution < -0.4 is 0 Å². The van der Waals surface area contributed by atoms with E-state index in [0.29, 0.717) is 17.3 Å². The zero-order chi connectivity index (χ0) is 10.8. The summed E-state index contributed by atoms with van der Waals surface area (Å²) >= 11 is 5.32. The number of hydrogen-bond donors (Lipinski definition) is 0. The summed E-state index contributed by atoms with van der Waals surface area (Å²) in [5.74, 6) is 1.00. The average Bonchev–Trinajstić information content (AvgIpc) is 2.65. The third-order valence-electron chi connectivity index (χ3n) is 1.90. The van der Waals surface area contributed by atoms with Gasteiger partial charge in [-0.15, -0.1) is 0 Å². The summed E-state index contributed by atoms with van der Waals surface area (Å²) < 4.78 is 4.84. The van der Waals surface area contributed by atoms with Gasteiger partial charge >= 0.3 is 0 Å². The van der Waals surface area contributed by atoms with Crippen LogP contribution in [-0.2, 0) is 0 Å². The van der Waals surface area contributed by atoms with E-state index in [0.717, 1.165) is 5.56 Å². The van der Waals surface area contributed by atoms with Gasteiger partial charge < -0.3 is 4.52 Å². The number of carbonyl (C=O) groups excluding carboxylic acids is 1. The normalized spacial score (nSPS) is 10.3. The van der Waals surface area contributed by atoms with Crippen molar-refractivity contribution in [2.24, 2.45) is 0 Å². The van der Waals surface area contributed by atoms with Crippen molar-refractivity contribution in [3.8, 4) is 11.4 Å². The number of benzene rings is 1. The smallest absolute Gasteiger partial charge is 0.252 e. The van der Waals surface area contributed by atoms with E-state index in [1.54, 1.807) is 31.2 Å². The fourth-order valence-corrected chi connectivity index (χ4v) is 1.29. The number of carbonyl (C=O) groups is 1. The molecule has 0 aliphatic carbocycles. The molecule has 0 N–H and O–H groups in total. The monoisotopic (exact) mass is 222 g/mol. The van der Waals surface area contributed by atoms with E-state index >= 15 is 0 Å². The molecule has 0 atom stereocenters. The lowest BCUT2D eigenvalue weighted by Gasteiger charge is -1.95. The van der Waals surface area contributed by atoms with Crippen LogP contribution in [0, 0.1) is 6.92 Å². The van der Waals surface area contributed by atoms with E-state index in [9.17, 15) is 4.79 Å². The van der Waals surface area contributed by atoms with Crippen LogP contribution in [0.25, 0.3) is 11.4 Å². The van der Waals surface area contributed by atoms with Crippen LogP contribution >= 0.6 is 11.6 Å². The molecule has 0 saturated carbocycles. The summed E-state index contributed by atoms with van der Waals surface area (Å²) in [6, 6.07) is 6.69. The molecule has 0 aliphatic rings. The first kappa shape index (κ1) is 9.86. The van der Waals surface area contributed by atoms with E-state index < -0.39 is 5.24 Å². The van der Waals surface area contributed by atoms with Crippen molar-refractivity contribution in [1.82, 2.24) is 10.1 Å². The molecule has 0 fully saturated rings. The number of aryl methyl sites for hydroxylation is 1. The number of hydrogen-bond acceptors (Lipinski definition) is 4. The highest BCUT2D eigenvalue weighted by Gasteiger charge is 2.06. The molecule has 0 radical (unpaired) electrons. The van der Waals surface area contributed by atoms with Crippen molar-refractivity contribution in [1.29, 1.82) is 0 Å². The molecule has 1 heterocycles. The first-order chi connectivity index (χ1) is 7.16. The predicted octanol–water partition coefficient (Wildman–Crippen LogP) is 2.42. The largest absolute Gasteiger partial charge is 0.339 e. The van der Waals surface area contributed by atoms with Gasteiger partial charge in [-0.3, -0.25) is 4.79 Å². The highest BCUT2D eigenvalue weighted by atomic mass is 35.5. The number of rotatable bonds is 2. The lowest BCUT2D eigenvalue weighted by atomic mass is 10.1. The molecule has 1 aromatic heterocycles. The molecule has 5 heteroatoms. The predicted molar refractivity (Wildman–Crippen MR) is 54.7 cm³/mol. The molecular weight excluding hydrogens is 216 g/mol. The first-order valence-corrected chi connectivity index (χ1v) is 4.65. The van der Waals surface area contributed by atoms with Gasteiger partial charge in [-0.05, 0) is 23.7 Å². The maximum absolute atomic E-state index is 10.8. The lowest BCUT2D eigenvalue weighted by molar-refractivity contribution is 0.108. The minimum absolute atomic E-state index is 0.445. The van der Waals surface area contributed by atoms with Gasteiger partial charge in [-0.1, -0.05) is 17.3 Å². The number of aromatic nitrogens is 2. The zero-order valence-electron chi connectivity index (χ0n) is 7.90. The van der Waals surface area contributed by atoms with Gasteiger partial charge in [0, 0.05) is 18.1 Å². The molecule has 0 spiro atoms. The Bertz CT molecular complexity index is 490. The second-order valence-corrected chi connectivity index (χ2v) is 3.33. The Morgan fingerprint density at radius 2 is 2.00 bits per heavy atom. The van der Waals surface area contributed by atoms with Crippen LogP contribution in [0.5, 0.6) is 0 Å². The molecule has 1 aromatic carbocycles. The molecule has 0 bridgehead atoms. The Morgan fingerprint density at radius 3 is 2.47 bits per heavy atom. The zero-order valence-corrected chi connectivity index (χ0v) is 8.65. The Morgan fingerprint density at radius 1 is 1.33 bits per heavy atom. The van der Waals surface area contributed by atoms with Crippen LogP contribution in [0.1, 0.15) is 16.2 Å². The van der Waals surface area contributed by atoms with Crippen molar-refractivity contribution in [3.63, 3.8) is 0 Å². The van der Waals surface area contributed by atoms with Crippen LogP contribution in [-0.4, -0.2) is 15.4 Å². The molecule has 0 saturated heterocycles. The maximum Gasteiger partial charge on any atom is 0.252 e. The first-order valence-electron chi connectivity index (χ1n) is 4.27. The Hall–Kier alpha value is -1.68. The molecular formula is C10H7ClN2O2. The second-order valence-electron chi connectivity index (χ2n) is 2.99. The molecule has 2 rings (SSSR count). The molecule has 2 aromatic rings. The summed E-state index contributed by atoms with van der Waals surface area (Å²) in [5.41, 5.74) is 1.23. The Kier molecular flexibility index (Phi) is 2.51. The van der Waals surface area contributed by atoms with E-state index in [-0.39, 0.29) is 0 Å².